The van der Waals surface area contributed by atoms with E-state index in [0.717, 1.165) is 11.3 Å². The van der Waals surface area contributed by atoms with E-state index in [9.17, 15) is 4.79 Å². The minimum atomic E-state index is -0.0944. The molecule has 25 heavy (non-hydrogen) atoms. The average molecular weight is 337 g/mol. The molecule has 1 atom stereocenters. The summed E-state index contributed by atoms with van der Waals surface area (Å²) in [6, 6.07) is 11.2. The summed E-state index contributed by atoms with van der Waals surface area (Å²) in [7, 11) is 3.32. The molecule has 0 bridgehead atoms. The second-order valence-corrected chi connectivity index (χ2v) is 5.61. The molecule has 3 rings (SSSR count). The SMILES string of the molecule is COc1ccc(C(=O)N(C)[C@H](C)c2ccc(-n3cncn3)cc2)cn1. The van der Waals surface area contributed by atoms with Crippen LogP contribution in [0.5, 0.6) is 5.88 Å². The predicted octanol–water partition coefficient (Wildman–Crippen LogP) is 2.50. The van der Waals surface area contributed by atoms with E-state index < -0.39 is 0 Å². The van der Waals surface area contributed by atoms with Crippen LogP contribution < -0.4 is 4.74 Å². The van der Waals surface area contributed by atoms with E-state index in [1.807, 2.05) is 31.2 Å². The molecular formula is C18H19N5O2. The Labute approximate surface area is 145 Å². The second kappa shape index (κ2) is 7.12. The minimum Gasteiger partial charge on any atom is -0.481 e. The fraction of sp³-hybridized carbons (Fsp3) is 0.222. The molecule has 3 aromatic rings. The molecule has 0 N–H and O–H groups in total. The van der Waals surface area contributed by atoms with Crippen molar-refractivity contribution >= 4 is 5.91 Å². The van der Waals surface area contributed by atoms with Gasteiger partial charge in [0.25, 0.3) is 5.91 Å². The maximum atomic E-state index is 12.6. The lowest BCUT2D eigenvalue weighted by atomic mass is 10.1. The Morgan fingerprint density at radius 2 is 1.96 bits per heavy atom. The van der Waals surface area contributed by atoms with Crippen molar-refractivity contribution in [2.45, 2.75) is 13.0 Å². The second-order valence-electron chi connectivity index (χ2n) is 5.61. The van der Waals surface area contributed by atoms with Crippen LogP contribution in [0.4, 0.5) is 0 Å². The monoisotopic (exact) mass is 337 g/mol. The van der Waals surface area contributed by atoms with Gasteiger partial charge in [-0.1, -0.05) is 12.1 Å². The highest BCUT2D eigenvalue weighted by atomic mass is 16.5. The van der Waals surface area contributed by atoms with Crippen LogP contribution in [-0.2, 0) is 0 Å². The molecule has 2 aromatic heterocycles. The molecule has 1 amide bonds. The average Bonchev–Trinajstić information content (AvgIpc) is 3.21. The molecule has 0 aliphatic carbocycles. The lowest BCUT2D eigenvalue weighted by molar-refractivity contribution is 0.0742. The smallest absolute Gasteiger partial charge is 0.255 e. The zero-order valence-electron chi connectivity index (χ0n) is 14.3. The van der Waals surface area contributed by atoms with Crippen LogP contribution >= 0.6 is 0 Å². The van der Waals surface area contributed by atoms with Crippen LogP contribution in [0.15, 0.2) is 55.2 Å². The lowest BCUT2D eigenvalue weighted by Crippen LogP contribution is -2.29. The van der Waals surface area contributed by atoms with Gasteiger partial charge in [-0.2, -0.15) is 5.10 Å². The first-order valence-electron chi connectivity index (χ1n) is 7.82. The van der Waals surface area contributed by atoms with E-state index in [1.165, 1.54) is 12.5 Å². The molecule has 0 saturated carbocycles. The van der Waals surface area contributed by atoms with Crippen LogP contribution in [0.25, 0.3) is 5.69 Å². The van der Waals surface area contributed by atoms with Gasteiger partial charge >= 0.3 is 0 Å². The summed E-state index contributed by atoms with van der Waals surface area (Å²) in [5.41, 5.74) is 2.47. The molecule has 7 heteroatoms. The largest absolute Gasteiger partial charge is 0.481 e. The van der Waals surface area contributed by atoms with Crippen LogP contribution in [0.3, 0.4) is 0 Å². The van der Waals surface area contributed by atoms with Crippen molar-refractivity contribution in [2.75, 3.05) is 14.2 Å². The van der Waals surface area contributed by atoms with Gasteiger partial charge in [0.2, 0.25) is 5.88 Å². The molecule has 0 unspecified atom stereocenters. The fourth-order valence-electron chi connectivity index (χ4n) is 2.48. The number of ether oxygens (including phenoxy) is 1. The van der Waals surface area contributed by atoms with E-state index in [-0.39, 0.29) is 11.9 Å². The first-order chi connectivity index (χ1) is 12.1. The highest BCUT2D eigenvalue weighted by molar-refractivity contribution is 5.94. The minimum absolute atomic E-state index is 0.0839. The summed E-state index contributed by atoms with van der Waals surface area (Å²) in [5.74, 6) is 0.388. The van der Waals surface area contributed by atoms with Gasteiger partial charge in [0.15, 0.2) is 0 Å². The molecule has 0 radical (unpaired) electrons. The summed E-state index contributed by atoms with van der Waals surface area (Å²) >= 11 is 0. The van der Waals surface area contributed by atoms with Crippen LogP contribution in [0.1, 0.15) is 28.9 Å². The summed E-state index contributed by atoms with van der Waals surface area (Å²) in [6.45, 7) is 1.99. The molecular weight excluding hydrogens is 318 g/mol. The van der Waals surface area contributed by atoms with Crippen LogP contribution in [-0.4, -0.2) is 44.7 Å². The molecule has 0 saturated heterocycles. The Kier molecular flexibility index (Phi) is 4.74. The van der Waals surface area contributed by atoms with Crippen molar-refractivity contribution in [3.8, 4) is 11.6 Å². The third-order valence-corrected chi connectivity index (χ3v) is 4.15. The third kappa shape index (κ3) is 3.50. The van der Waals surface area contributed by atoms with E-state index >= 15 is 0 Å². The maximum absolute atomic E-state index is 12.6. The summed E-state index contributed by atoms with van der Waals surface area (Å²) in [4.78, 5) is 22.3. The van der Waals surface area contributed by atoms with E-state index in [4.69, 9.17) is 4.74 Å². The Morgan fingerprint density at radius 3 is 2.52 bits per heavy atom. The van der Waals surface area contributed by atoms with Gasteiger partial charge in [0.05, 0.1) is 24.4 Å². The first kappa shape index (κ1) is 16.6. The first-order valence-corrected chi connectivity index (χ1v) is 7.82. The molecule has 0 spiro atoms. The van der Waals surface area contributed by atoms with E-state index in [2.05, 4.69) is 15.1 Å². The Morgan fingerprint density at radius 1 is 1.20 bits per heavy atom. The van der Waals surface area contributed by atoms with Gasteiger partial charge in [-0.05, 0) is 30.7 Å². The maximum Gasteiger partial charge on any atom is 0.255 e. The number of benzene rings is 1. The highest BCUT2D eigenvalue weighted by Gasteiger charge is 2.19. The zero-order chi connectivity index (χ0) is 17.8. The van der Waals surface area contributed by atoms with Gasteiger partial charge in [-0.3, -0.25) is 4.79 Å². The van der Waals surface area contributed by atoms with Gasteiger partial charge < -0.3 is 9.64 Å². The van der Waals surface area contributed by atoms with Crippen LogP contribution in [0.2, 0.25) is 0 Å². The Bertz CT molecular complexity index is 829. The Hall–Kier alpha value is -3.22. The zero-order valence-corrected chi connectivity index (χ0v) is 14.3. The van der Waals surface area contributed by atoms with Crippen molar-refractivity contribution in [1.29, 1.82) is 0 Å². The number of carbonyl (C=O) groups is 1. The van der Waals surface area contributed by atoms with E-state index in [0.29, 0.717) is 11.4 Å². The number of aromatic nitrogens is 4. The highest BCUT2D eigenvalue weighted by Crippen LogP contribution is 2.22. The molecule has 0 aliphatic rings. The summed E-state index contributed by atoms with van der Waals surface area (Å²) < 4.78 is 6.71. The molecule has 0 aliphatic heterocycles. The van der Waals surface area contributed by atoms with Gasteiger partial charge in [-0.15, -0.1) is 0 Å². The van der Waals surface area contributed by atoms with Crippen LogP contribution in [0, 0.1) is 0 Å². The molecule has 2 heterocycles. The number of carbonyl (C=O) groups excluding carboxylic acids is 1. The summed E-state index contributed by atoms with van der Waals surface area (Å²) in [6.07, 6.45) is 4.66. The van der Waals surface area contributed by atoms with Crippen molar-refractivity contribution in [2.24, 2.45) is 0 Å². The molecule has 7 nitrogen and oxygen atoms in total. The molecule has 0 fully saturated rings. The van der Waals surface area contributed by atoms with Crippen molar-refractivity contribution in [3.63, 3.8) is 0 Å². The van der Waals surface area contributed by atoms with Crippen molar-refractivity contribution < 1.29 is 9.53 Å². The van der Waals surface area contributed by atoms with Gasteiger partial charge in [0.1, 0.15) is 12.7 Å². The van der Waals surface area contributed by atoms with Gasteiger partial charge in [-0.25, -0.2) is 14.6 Å². The number of hydrogen-bond acceptors (Lipinski definition) is 5. The number of nitrogens with zero attached hydrogens (tertiary/aromatic N) is 5. The van der Waals surface area contributed by atoms with E-state index in [1.54, 1.807) is 42.2 Å². The summed E-state index contributed by atoms with van der Waals surface area (Å²) in [5, 5.41) is 4.10. The number of hydrogen-bond donors (Lipinski definition) is 0. The Balaban J connectivity index is 1.74. The molecule has 1 aromatic carbocycles. The quantitative estimate of drug-likeness (QED) is 0.715. The molecule has 128 valence electrons. The standard InChI is InChI=1S/C18H19N5O2/c1-13(14-4-7-16(8-5-14)23-12-19-11-21-23)22(2)18(24)15-6-9-17(25-3)20-10-15/h4-13H,1-3H3/t13-/m1/s1. The fourth-order valence-corrected chi connectivity index (χ4v) is 2.48. The van der Waals surface area contributed by atoms with Crippen molar-refractivity contribution in [1.82, 2.24) is 24.6 Å². The number of rotatable bonds is 5. The predicted molar refractivity (Wildman–Crippen MR) is 92.7 cm³/mol. The van der Waals surface area contributed by atoms with Crippen molar-refractivity contribution in [3.05, 3.63) is 66.4 Å². The lowest BCUT2D eigenvalue weighted by Gasteiger charge is -2.25. The number of methoxy groups -OCH3 is 1. The number of amides is 1. The topological polar surface area (TPSA) is 73.1 Å². The van der Waals surface area contributed by atoms with Gasteiger partial charge in [0, 0.05) is 19.3 Å². The number of pyridine rings is 1. The normalized spacial score (nSPS) is 11.8. The third-order valence-electron chi connectivity index (χ3n) is 4.15.